The van der Waals surface area contributed by atoms with E-state index in [1.165, 1.54) is 6.08 Å². The maximum atomic E-state index is 11.5. The lowest BCUT2D eigenvalue weighted by atomic mass is 9.96. The van der Waals surface area contributed by atoms with Crippen molar-refractivity contribution in [2.45, 2.75) is 0 Å². The van der Waals surface area contributed by atoms with Crippen molar-refractivity contribution in [3.63, 3.8) is 0 Å². The molecule has 0 fully saturated rings. The van der Waals surface area contributed by atoms with Crippen LogP contribution in [0.25, 0.3) is 17.2 Å². The Labute approximate surface area is 127 Å². The lowest BCUT2D eigenvalue weighted by Crippen LogP contribution is -2.02. The van der Waals surface area contributed by atoms with Crippen molar-refractivity contribution < 1.29 is 19.8 Å². The van der Waals surface area contributed by atoms with Gasteiger partial charge in [0.1, 0.15) is 0 Å². The van der Waals surface area contributed by atoms with Crippen molar-refractivity contribution in [2.75, 3.05) is 0 Å². The molecular formula is C18H14O4. The maximum absolute atomic E-state index is 11.5. The number of carbonyl (C=O) groups is 2. The lowest BCUT2D eigenvalue weighted by Gasteiger charge is -2.08. The number of aliphatic carboxylic acids is 2. The van der Waals surface area contributed by atoms with Crippen LogP contribution < -0.4 is 0 Å². The van der Waals surface area contributed by atoms with Crippen LogP contribution in [0, 0.1) is 0 Å². The molecule has 2 rings (SSSR count). The largest absolute Gasteiger partial charge is 0.478 e. The molecule has 0 heterocycles. The number of hydrogen-bond acceptors (Lipinski definition) is 2. The predicted molar refractivity (Wildman–Crippen MR) is 85.1 cm³/mol. The molecule has 4 nitrogen and oxygen atoms in total. The first-order valence-electron chi connectivity index (χ1n) is 6.52. The van der Waals surface area contributed by atoms with Gasteiger partial charge < -0.3 is 10.2 Å². The van der Waals surface area contributed by atoms with Gasteiger partial charge in [-0.3, -0.25) is 0 Å². The van der Waals surface area contributed by atoms with Crippen LogP contribution >= 0.6 is 0 Å². The molecule has 0 saturated heterocycles. The zero-order valence-corrected chi connectivity index (χ0v) is 11.7. The van der Waals surface area contributed by atoms with E-state index in [0.29, 0.717) is 16.7 Å². The molecule has 0 aromatic heterocycles. The van der Waals surface area contributed by atoms with Gasteiger partial charge in [0.15, 0.2) is 0 Å². The molecule has 110 valence electrons. The summed E-state index contributed by atoms with van der Waals surface area (Å²) in [5, 5.41) is 18.5. The van der Waals surface area contributed by atoms with Crippen molar-refractivity contribution in [1.29, 1.82) is 0 Å². The Hall–Kier alpha value is -3.14. The second-order valence-corrected chi connectivity index (χ2v) is 4.60. The zero-order valence-electron chi connectivity index (χ0n) is 11.7. The normalized spacial score (nSPS) is 11.0. The van der Waals surface area contributed by atoms with E-state index in [-0.39, 0.29) is 11.1 Å². The molecular weight excluding hydrogens is 280 g/mol. The third-order valence-electron chi connectivity index (χ3n) is 3.16. The lowest BCUT2D eigenvalue weighted by molar-refractivity contribution is -0.131. The van der Waals surface area contributed by atoms with E-state index >= 15 is 0 Å². The van der Waals surface area contributed by atoms with Gasteiger partial charge in [0.05, 0.1) is 11.1 Å². The van der Waals surface area contributed by atoms with Gasteiger partial charge in [-0.25, -0.2) is 9.59 Å². The topological polar surface area (TPSA) is 74.6 Å². The van der Waals surface area contributed by atoms with Crippen LogP contribution in [0.4, 0.5) is 0 Å². The molecule has 2 aromatic rings. The summed E-state index contributed by atoms with van der Waals surface area (Å²) in [4.78, 5) is 22.6. The minimum Gasteiger partial charge on any atom is -0.478 e. The zero-order chi connectivity index (χ0) is 16.1. The molecule has 0 amide bonds. The highest BCUT2D eigenvalue weighted by Crippen LogP contribution is 2.24. The van der Waals surface area contributed by atoms with Gasteiger partial charge in [0.2, 0.25) is 0 Å². The highest BCUT2D eigenvalue weighted by Gasteiger charge is 2.14. The van der Waals surface area contributed by atoms with Crippen LogP contribution in [0.15, 0.2) is 61.2 Å². The Balaban J connectivity index is 2.57. The Bertz CT molecular complexity index is 758. The molecule has 0 atom stereocenters. The van der Waals surface area contributed by atoms with E-state index in [1.54, 1.807) is 54.6 Å². The average molecular weight is 294 g/mol. The monoisotopic (exact) mass is 294 g/mol. The molecule has 0 radical (unpaired) electrons. The second kappa shape index (κ2) is 6.54. The first kappa shape index (κ1) is 15.3. The number of hydrogen-bond donors (Lipinski definition) is 2. The van der Waals surface area contributed by atoms with E-state index in [0.717, 1.165) is 0 Å². The van der Waals surface area contributed by atoms with Crippen LogP contribution in [0.1, 0.15) is 16.7 Å². The Morgan fingerprint density at radius 2 is 1.45 bits per heavy atom. The Morgan fingerprint density at radius 1 is 0.864 bits per heavy atom. The van der Waals surface area contributed by atoms with Gasteiger partial charge in [-0.15, -0.1) is 0 Å². The number of carboxylic acids is 2. The van der Waals surface area contributed by atoms with Crippen LogP contribution in [0.2, 0.25) is 0 Å². The summed E-state index contributed by atoms with van der Waals surface area (Å²) in [5.41, 5.74) is 1.45. The first-order chi connectivity index (χ1) is 10.5. The Kier molecular flexibility index (Phi) is 4.53. The van der Waals surface area contributed by atoms with Gasteiger partial charge >= 0.3 is 11.9 Å². The predicted octanol–water partition coefficient (Wildman–Crippen LogP) is 3.41. The fraction of sp³-hybridized carbons (Fsp3) is 0. The van der Waals surface area contributed by atoms with Crippen LogP contribution in [-0.4, -0.2) is 22.2 Å². The SMILES string of the molecule is C=C(C(=O)O)c1ccccc1/C=C(\C(=O)O)c1ccccc1. The minimum absolute atomic E-state index is 0.0790. The first-order valence-corrected chi connectivity index (χ1v) is 6.52. The van der Waals surface area contributed by atoms with Gasteiger partial charge in [0, 0.05) is 0 Å². The molecule has 0 unspecified atom stereocenters. The molecule has 0 aliphatic rings. The molecule has 0 bridgehead atoms. The maximum Gasteiger partial charge on any atom is 0.336 e. The van der Waals surface area contributed by atoms with E-state index in [1.807, 2.05) is 0 Å². The third kappa shape index (κ3) is 3.30. The van der Waals surface area contributed by atoms with Crippen LogP contribution in [0.3, 0.4) is 0 Å². The summed E-state index contributed by atoms with van der Waals surface area (Å²) < 4.78 is 0. The molecule has 0 aliphatic heterocycles. The number of carboxylic acid groups (broad SMARTS) is 2. The van der Waals surface area contributed by atoms with Gasteiger partial charge in [0.25, 0.3) is 0 Å². The van der Waals surface area contributed by atoms with Gasteiger partial charge in [-0.2, -0.15) is 0 Å². The summed E-state index contributed by atoms with van der Waals surface area (Å²) in [7, 11) is 0. The summed E-state index contributed by atoms with van der Waals surface area (Å²) in [6.45, 7) is 3.53. The summed E-state index contributed by atoms with van der Waals surface area (Å²) in [5.74, 6) is -2.22. The summed E-state index contributed by atoms with van der Waals surface area (Å²) in [6, 6.07) is 15.3. The van der Waals surface area contributed by atoms with Crippen molar-refractivity contribution in [3.05, 3.63) is 77.9 Å². The van der Waals surface area contributed by atoms with E-state index in [2.05, 4.69) is 6.58 Å². The number of rotatable bonds is 5. The molecule has 2 aromatic carbocycles. The molecule has 0 spiro atoms. The summed E-state index contributed by atoms with van der Waals surface area (Å²) >= 11 is 0. The molecule has 22 heavy (non-hydrogen) atoms. The van der Waals surface area contributed by atoms with Gasteiger partial charge in [-0.05, 0) is 22.8 Å². The second-order valence-electron chi connectivity index (χ2n) is 4.60. The number of benzene rings is 2. The van der Waals surface area contributed by atoms with Crippen molar-refractivity contribution in [2.24, 2.45) is 0 Å². The van der Waals surface area contributed by atoms with E-state index in [9.17, 15) is 14.7 Å². The highest BCUT2D eigenvalue weighted by molar-refractivity contribution is 6.22. The van der Waals surface area contributed by atoms with Crippen LogP contribution in [-0.2, 0) is 9.59 Å². The standard InChI is InChI=1S/C18H14O4/c1-12(17(19)20)15-10-6-5-9-14(15)11-16(18(21)22)13-7-3-2-4-8-13/h2-11H,1H2,(H,19,20)(H,21,22)/b16-11-. The molecule has 4 heteroatoms. The molecule has 0 saturated carbocycles. The van der Waals surface area contributed by atoms with Crippen LogP contribution in [0.5, 0.6) is 0 Å². The smallest absolute Gasteiger partial charge is 0.336 e. The molecule has 0 aliphatic carbocycles. The van der Waals surface area contributed by atoms with Crippen molar-refractivity contribution >= 4 is 29.2 Å². The minimum atomic E-state index is -1.14. The average Bonchev–Trinajstić information content (AvgIpc) is 2.52. The Morgan fingerprint density at radius 3 is 2.05 bits per heavy atom. The third-order valence-corrected chi connectivity index (χ3v) is 3.16. The quantitative estimate of drug-likeness (QED) is 0.654. The van der Waals surface area contributed by atoms with Crippen molar-refractivity contribution in [1.82, 2.24) is 0 Å². The summed E-state index contributed by atoms with van der Waals surface area (Å²) in [6.07, 6.45) is 1.46. The molecule has 2 N–H and O–H groups in total. The fourth-order valence-electron chi connectivity index (χ4n) is 2.05. The fourth-order valence-corrected chi connectivity index (χ4v) is 2.05. The highest BCUT2D eigenvalue weighted by atomic mass is 16.4. The van der Waals surface area contributed by atoms with E-state index in [4.69, 9.17) is 5.11 Å². The van der Waals surface area contributed by atoms with E-state index < -0.39 is 11.9 Å². The van der Waals surface area contributed by atoms with Gasteiger partial charge in [-0.1, -0.05) is 61.2 Å². The van der Waals surface area contributed by atoms with Crippen molar-refractivity contribution in [3.8, 4) is 0 Å².